The maximum Gasteiger partial charge on any atom is 0.573 e. The lowest BCUT2D eigenvalue weighted by atomic mass is 10.1. The molecule has 1 atom stereocenters. The second-order valence-corrected chi connectivity index (χ2v) is 5.85. The van der Waals surface area contributed by atoms with Crippen LogP contribution in [0.3, 0.4) is 0 Å². The summed E-state index contributed by atoms with van der Waals surface area (Å²) in [6.45, 7) is 6.10. The van der Waals surface area contributed by atoms with Crippen molar-refractivity contribution in [3.63, 3.8) is 0 Å². The molecule has 1 aromatic rings. The fourth-order valence-electron chi connectivity index (χ4n) is 1.37. The third-order valence-corrected chi connectivity index (χ3v) is 3.11. The molecule has 0 aliphatic heterocycles. The first kappa shape index (κ1) is 24.2. The van der Waals surface area contributed by atoms with Crippen LogP contribution in [0, 0.1) is 0 Å². The maximum absolute atomic E-state index is 11.8. The molecule has 0 fully saturated rings. The van der Waals surface area contributed by atoms with Gasteiger partial charge in [0.25, 0.3) is 0 Å². The number of aliphatic hydroxyl groups excluding tert-OH is 1. The van der Waals surface area contributed by atoms with Gasteiger partial charge in [-0.2, -0.15) is 0 Å². The highest BCUT2D eigenvalue weighted by molar-refractivity contribution is 7.84. The van der Waals surface area contributed by atoms with Gasteiger partial charge in [-0.1, -0.05) is 39.3 Å². The minimum atomic E-state index is -4.61. The van der Waals surface area contributed by atoms with E-state index in [4.69, 9.17) is 5.11 Å². The number of rotatable bonds is 6. The summed E-state index contributed by atoms with van der Waals surface area (Å²) >= 11 is 0. The number of ether oxygens (including phenoxy) is 1. The minimum absolute atomic E-state index is 0.0309. The molecule has 0 bridgehead atoms. The molecule has 0 aliphatic rings. The molecule has 0 saturated heterocycles. The topological polar surface area (TPSA) is 46.5 Å². The molecular weight excluding hydrogens is 329 g/mol. The van der Waals surface area contributed by atoms with Crippen molar-refractivity contribution in [1.29, 1.82) is 0 Å². The molecule has 136 valence electrons. The van der Waals surface area contributed by atoms with E-state index in [1.165, 1.54) is 12.1 Å². The van der Waals surface area contributed by atoms with Gasteiger partial charge < -0.3 is 9.84 Å². The Morgan fingerprint density at radius 2 is 1.70 bits per heavy atom. The summed E-state index contributed by atoms with van der Waals surface area (Å²) in [5.74, 6) is 0.239. The third-order valence-electron chi connectivity index (χ3n) is 2.35. The number of aliphatic hydroxyl groups is 1. The van der Waals surface area contributed by atoms with Crippen molar-refractivity contribution >= 4 is 10.8 Å². The van der Waals surface area contributed by atoms with Gasteiger partial charge in [0.1, 0.15) is 5.75 Å². The molecule has 3 nitrogen and oxygen atoms in total. The molecule has 7 heteroatoms. The van der Waals surface area contributed by atoms with Crippen LogP contribution >= 0.6 is 0 Å². The highest BCUT2D eigenvalue weighted by atomic mass is 32.2. The van der Waals surface area contributed by atoms with E-state index in [9.17, 15) is 17.4 Å². The molecule has 0 aromatic heterocycles. The number of halogens is 3. The lowest BCUT2D eigenvalue weighted by Gasteiger charge is -2.09. The molecule has 0 aliphatic carbocycles. The van der Waals surface area contributed by atoms with Crippen LogP contribution in [-0.2, 0) is 17.2 Å². The fourth-order valence-corrected chi connectivity index (χ4v) is 1.62. The fraction of sp³-hybridized carbons (Fsp3) is 0.625. The predicted octanol–water partition coefficient (Wildman–Crippen LogP) is 4.31. The van der Waals surface area contributed by atoms with Crippen molar-refractivity contribution in [2.75, 3.05) is 18.6 Å². The van der Waals surface area contributed by atoms with E-state index in [1.54, 1.807) is 18.4 Å². The zero-order chi connectivity index (χ0) is 18.3. The zero-order valence-corrected chi connectivity index (χ0v) is 15.0. The Morgan fingerprint density at radius 3 is 2.00 bits per heavy atom. The van der Waals surface area contributed by atoms with Crippen molar-refractivity contribution in [1.82, 2.24) is 0 Å². The van der Waals surface area contributed by atoms with E-state index >= 15 is 0 Å². The largest absolute Gasteiger partial charge is 0.573 e. The lowest BCUT2D eigenvalue weighted by Crippen LogP contribution is -2.17. The van der Waals surface area contributed by atoms with Gasteiger partial charge in [0.2, 0.25) is 0 Å². The molecule has 23 heavy (non-hydrogen) atoms. The maximum atomic E-state index is 11.8. The minimum Gasteiger partial charge on any atom is -0.406 e. The van der Waals surface area contributed by atoms with Gasteiger partial charge in [-0.3, -0.25) is 4.21 Å². The van der Waals surface area contributed by atoms with E-state index < -0.39 is 17.2 Å². The van der Waals surface area contributed by atoms with Crippen LogP contribution in [0.15, 0.2) is 24.3 Å². The van der Waals surface area contributed by atoms with Crippen LogP contribution in [0.1, 0.15) is 39.2 Å². The lowest BCUT2D eigenvalue weighted by molar-refractivity contribution is -0.274. The van der Waals surface area contributed by atoms with Gasteiger partial charge in [-0.25, -0.2) is 0 Å². The average molecular weight is 356 g/mol. The Balaban J connectivity index is 0. The molecule has 0 radical (unpaired) electrons. The Bertz CT molecular complexity index is 406. The standard InChI is InChI=1S/C11H13F3O.C3H8O2S.C2H6/c1-2-3-4-9-5-7-10(8-6-9)15-11(12,13)14;1-6(5)3-2-4;1-2/h5-8H,2-4H2,1H3;4H,2-3H2,1H3;1-2H3. The molecular formula is C16H27F3O3S. The van der Waals surface area contributed by atoms with Gasteiger partial charge in [-0.05, 0) is 30.5 Å². The summed E-state index contributed by atoms with van der Waals surface area (Å²) in [4.78, 5) is 0. The monoisotopic (exact) mass is 356 g/mol. The van der Waals surface area contributed by atoms with Crippen LogP contribution in [0.4, 0.5) is 13.2 Å². The number of benzene rings is 1. The molecule has 0 amide bonds. The van der Waals surface area contributed by atoms with Gasteiger partial charge in [0.05, 0.1) is 6.61 Å². The normalized spacial score (nSPS) is 11.5. The Morgan fingerprint density at radius 1 is 1.17 bits per heavy atom. The number of hydrogen-bond acceptors (Lipinski definition) is 3. The molecule has 1 N–H and O–H groups in total. The quantitative estimate of drug-likeness (QED) is 0.826. The van der Waals surface area contributed by atoms with Crippen molar-refractivity contribution < 1.29 is 27.2 Å². The van der Waals surface area contributed by atoms with Gasteiger partial charge in [-0.15, -0.1) is 13.2 Å². The summed E-state index contributed by atoms with van der Waals surface area (Å²) < 4.78 is 49.2. The summed E-state index contributed by atoms with van der Waals surface area (Å²) in [5.41, 5.74) is 1.03. The zero-order valence-electron chi connectivity index (χ0n) is 14.2. The highest BCUT2D eigenvalue weighted by Gasteiger charge is 2.30. The first-order valence-electron chi connectivity index (χ1n) is 7.54. The van der Waals surface area contributed by atoms with Crippen molar-refractivity contribution in [2.24, 2.45) is 0 Å². The van der Waals surface area contributed by atoms with Crippen molar-refractivity contribution in [2.45, 2.75) is 46.4 Å². The Labute approximate surface area is 139 Å². The summed E-state index contributed by atoms with van der Waals surface area (Å²) in [6, 6.07) is 6.02. The van der Waals surface area contributed by atoms with Gasteiger partial charge >= 0.3 is 6.36 Å². The molecule has 1 aromatic carbocycles. The Kier molecular flexibility index (Phi) is 15.3. The van der Waals surface area contributed by atoms with Crippen molar-refractivity contribution in [3.8, 4) is 5.75 Å². The molecule has 0 saturated carbocycles. The second kappa shape index (κ2) is 14.5. The summed E-state index contributed by atoms with van der Waals surface area (Å²) in [5, 5.41) is 8.04. The second-order valence-electron chi connectivity index (χ2n) is 4.30. The third kappa shape index (κ3) is 17.1. The van der Waals surface area contributed by atoms with Gasteiger partial charge in [0, 0.05) is 22.8 Å². The smallest absolute Gasteiger partial charge is 0.406 e. The van der Waals surface area contributed by atoms with E-state index in [2.05, 4.69) is 11.7 Å². The molecule has 1 unspecified atom stereocenters. The van der Waals surface area contributed by atoms with Crippen LogP contribution in [0.5, 0.6) is 5.75 Å². The first-order chi connectivity index (χ1) is 10.8. The predicted molar refractivity (Wildman–Crippen MR) is 89.1 cm³/mol. The number of aryl methyl sites for hydroxylation is 1. The highest BCUT2D eigenvalue weighted by Crippen LogP contribution is 2.22. The summed E-state index contributed by atoms with van der Waals surface area (Å²) in [6.07, 6.45) is -0.0375. The SMILES string of the molecule is CC.CCCCc1ccc(OC(F)(F)F)cc1.CS(=O)CCO. The Hall–Kier alpha value is -1.08. The molecule has 0 heterocycles. The molecule has 0 spiro atoms. The van der Waals surface area contributed by atoms with E-state index in [1.807, 2.05) is 13.8 Å². The van der Waals surface area contributed by atoms with Gasteiger partial charge in [0.15, 0.2) is 0 Å². The average Bonchev–Trinajstić information content (AvgIpc) is 2.47. The van der Waals surface area contributed by atoms with E-state index in [0.717, 1.165) is 24.8 Å². The van der Waals surface area contributed by atoms with Crippen molar-refractivity contribution in [3.05, 3.63) is 29.8 Å². The number of hydrogen-bond donors (Lipinski definition) is 1. The van der Waals surface area contributed by atoms with E-state index in [-0.39, 0.29) is 12.4 Å². The number of alkyl halides is 3. The van der Waals surface area contributed by atoms with Crippen LogP contribution < -0.4 is 4.74 Å². The first-order valence-corrected chi connectivity index (χ1v) is 9.26. The molecule has 1 rings (SSSR count). The van der Waals surface area contributed by atoms with Crippen LogP contribution in [-0.4, -0.2) is 34.3 Å². The van der Waals surface area contributed by atoms with E-state index in [0.29, 0.717) is 5.75 Å². The summed E-state index contributed by atoms with van der Waals surface area (Å²) in [7, 11) is -0.816. The van der Waals surface area contributed by atoms with Crippen LogP contribution in [0.2, 0.25) is 0 Å². The number of unbranched alkanes of at least 4 members (excludes halogenated alkanes) is 1. The van der Waals surface area contributed by atoms with Crippen LogP contribution in [0.25, 0.3) is 0 Å².